The molecule has 1 aliphatic heterocycles. The van der Waals surface area contributed by atoms with Crippen molar-refractivity contribution in [1.82, 2.24) is 15.2 Å². The summed E-state index contributed by atoms with van der Waals surface area (Å²) in [6, 6.07) is 2.12. The second-order valence-electron chi connectivity index (χ2n) is 6.24. The molecule has 0 aliphatic carbocycles. The van der Waals surface area contributed by atoms with E-state index in [0.717, 1.165) is 31.6 Å². The lowest BCUT2D eigenvalue weighted by Crippen LogP contribution is -2.49. The predicted octanol–water partition coefficient (Wildman–Crippen LogP) is 2.33. The zero-order chi connectivity index (χ0) is 20.6. The molecule has 0 saturated carbocycles. The third-order valence-electron chi connectivity index (χ3n) is 4.25. The number of carbonyl (C=O) groups is 1. The number of hydrogen-bond acceptors (Lipinski definition) is 5. The average Bonchev–Trinajstić information content (AvgIpc) is 2.68. The summed E-state index contributed by atoms with van der Waals surface area (Å²) in [6.07, 6.45) is -2.04. The monoisotopic (exact) mass is 402 g/mol. The van der Waals surface area contributed by atoms with Crippen molar-refractivity contribution in [2.24, 2.45) is 10.9 Å². The number of aromatic nitrogens is 1. The van der Waals surface area contributed by atoms with Crippen molar-refractivity contribution in [3.8, 4) is 5.88 Å². The summed E-state index contributed by atoms with van der Waals surface area (Å²) in [6.45, 7) is 4.03. The van der Waals surface area contributed by atoms with Crippen LogP contribution in [0, 0.1) is 5.92 Å². The van der Waals surface area contributed by atoms with E-state index in [1.165, 1.54) is 6.07 Å². The molecule has 1 N–H and O–H groups in total. The van der Waals surface area contributed by atoms with E-state index in [-0.39, 0.29) is 24.4 Å². The largest absolute Gasteiger partial charge is 0.476 e. The maximum atomic E-state index is 12.5. The number of ether oxygens (including phenoxy) is 2. The van der Waals surface area contributed by atoms with Crippen LogP contribution >= 0.6 is 0 Å². The van der Waals surface area contributed by atoms with E-state index < -0.39 is 11.7 Å². The molecule has 2 rings (SSSR count). The van der Waals surface area contributed by atoms with E-state index >= 15 is 0 Å². The molecule has 1 unspecified atom stereocenters. The Kier molecular flexibility index (Phi) is 7.89. The van der Waals surface area contributed by atoms with Crippen molar-refractivity contribution >= 4 is 11.9 Å². The zero-order valence-electron chi connectivity index (χ0n) is 16.0. The van der Waals surface area contributed by atoms with Crippen molar-refractivity contribution in [1.29, 1.82) is 0 Å². The van der Waals surface area contributed by atoms with Gasteiger partial charge in [0.1, 0.15) is 6.61 Å². The number of piperidine rings is 1. The molecule has 1 atom stereocenters. The first kappa shape index (κ1) is 21.8. The Balaban J connectivity index is 1.78. The highest BCUT2D eigenvalue weighted by Crippen LogP contribution is 2.29. The molecule has 10 heteroatoms. The molecule has 1 saturated heterocycles. The Labute approximate surface area is 161 Å². The highest BCUT2D eigenvalue weighted by atomic mass is 19.4. The normalized spacial score (nSPS) is 18.0. The third kappa shape index (κ3) is 6.28. The molecule has 1 aromatic heterocycles. The number of hydrogen-bond donors (Lipinski definition) is 1. The van der Waals surface area contributed by atoms with E-state index in [0.29, 0.717) is 25.7 Å². The Morgan fingerprint density at radius 1 is 1.43 bits per heavy atom. The minimum Gasteiger partial charge on any atom is -0.476 e. The van der Waals surface area contributed by atoms with Crippen molar-refractivity contribution in [2.45, 2.75) is 25.9 Å². The third-order valence-corrected chi connectivity index (χ3v) is 4.25. The predicted molar refractivity (Wildman–Crippen MR) is 97.0 cm³/mol. The van der Waals surface area contributed by atoms with Gasteiger partial charge < -0.3 is 19.7 Å². The SMILES string of the molecule is CCOC(=O)C1CCCN(C(=NC)NCCOc2ccc(C(F)(F)F)cn2)C1. The molecule has 7 nitrogen and oxygen atoms in total. The summed E-state index contributed by atoms with van der Waals surface area (Å²) >= 11 is 0. The molecule has 0 radical (unpaired) electrons. The second-order valence-corrected chi connectivity index (χ2v) is 6.24. The van der Waals surface area contributed by atoms with Gasteiger partial charge in [0.15, 0.2) is 5.96 Å². The summed E-state index contributed by atoms with van der Waals surface area (Å²) in [5.74, 6) is 0.377. The minimum atomic E-state index is -4.42. The fourth-order valence-electron chi connectivity index (χ4n) is 2.91. The van der Waals surface area contributed by atoms with E-state index in [1.807, 2.05) is 4.90 Å². The lowest BCUT2D eigenvalue weighted by Gasteiger charge is -2.33. The summed E-state index contributed by atoms with van der Waals surface area (Å²) in [5.41, 5.74) is -0.820. The maximum absolute atomic E-state index is 12.5. The van der Waals surface area contributed by atoms with Gasteiger partial charge >= 0.3 is 12.1 Å². The first-order chi connectivity index (χ1) is 13.3. The molecule has 1 fully saturated rings. The molecule has 28 heavy (non-hydrogen) atoms. The number of aliphatic imine (C=N–C) groups is 1. The van der Waals surface area contributed by atoms with E-state index in [1.54, 1.807) is 14.0 Å². The fourth-order valence-corrected chi connectivity index (χ4v) is 2.91. The van der Waals surface area contributed by atoms with E-state index in [9.17, 15) is 18.0 Å². The minimum absolute atomic E-state index is 0.116. The van der Waals surface area contributed by atoms with Crippen molar-refractivity contribution in [2.75, 3.05) is 39.9 Å². The number of pyridine rings is 1. The van der Waals surface area contributed by atoms with E-state index in [4.69, 9.17) is 9.47 Å². The first-order valence-electron chi connectivity index (χ1n) is 9.13. The summed E-state index contributed by atoms with van der Waals surface area (Å²) < 4.78 is 48.0. The van der Waals surface area contributed by atoms with Crippen molar-refractivity contribution in [3.05, 3.63) is 23.9 Å². The Morgan fingerprint density at radius 2 is 2.21 bits per heavy atom. The van der Waals surface area contributed by atoms with Gasteiger partial charge in [0, 0.05) is 32.4 Å². The molecular weight excluding hydrogens is 377 g/mol. The van der Waals surface area contributed by atoms with Crippen LogP contribution in [0.4, 0.5) is 13.2 Å². The second kappa shape index (κ2) is 10.1. The summed E-state index contributed by atoms with van der Waals surface area (Å²) in [7, 11) is 1.65. The lowest BCUT2D eigenvalue weighted by molar-refractivity contribution is -0.149. The molecule has 1 aromatic rings. The maximum Gasteiger partial charge on any atom is 0.417 e. The average molecular weight is 402 g/mol. The van der Waals surface area contributed by atoms with Crippen LogP contribution in [0.1, 0.15) is 25.3 Å². The number of nitrogens with zero attached hydrogens (tertiary/aromatic N) is 3. The van der Waals surface area contributed by atoms with Gasteiger partial charge in [-0.25, -0.2) is 4.98 Å². The topological polar surface area (TPSA) is 76.0 Å². The van der Waals surface area contributed by atoms with Gasteiger partial charge in [0.25, 0.3) is 0 Å². The number of likely N-dealkylation sites (tertiary alicyclic amines) is 1. The number of carbonyl (C=O) groups excluding carboxylic acids is 1. The van der Waals surface area contributed by atoms with Gasteiger partial charge in [-0.3, -0.25) is 9.79 Å². The number of rotatable bonds is 6. The number of alkyl halides is 3. The van der Waals surface area contributed by atoms with Crippen LogP contribution in [-0.4, -0.2) is 61.7 Å². The molecule has 0 aromatic carbocycles. The molecular formula is C18H25F3N4O3. The number of nitrogens with one attached hydrogen (secondary N) is 1. The fraction of sp³-hybridized carbons (Fsp3) is 0.611. The zero-order valence-corrected chi connectivity index (χ0v) is 16.0. The van der Waals surface area contributed by atoms with Gasteiger partial charge in [-0.05, 0) is 25.8 Å². The van der Waals surface area contributed by atoms with Gasteiger partial charge in [-0.1, -0.05) is 0 Å². The Morgan fingerprint density at radius 3 is 2.82 bits per heavy atom. The van der Waals surface area contributed by atoms with Gasteiger partial charge in [-0.15, -0.1) is 0 Å². The Hall–Kier alpha value is -2.52. The molecule has 0 spiro atoms. The highest BCUT2D eigenvalue weighted by Gasteiger charge is 2.31. The molecule has 0 amide bonds. The van der Waals surface area contributed by atoms with Crippen LogP contribution in [0.5, 0.6) is 5.88 Å². The van der Waals surface area contributed by atoms with Crippen LogP contribution in [-0.2, 0) is 15.7 Å². The van der Waals surface area contributed by atoms with Crippen LogP contribution in [0.2, 0.25) is 0 Å². The summed E-state index contributed by atoms with van der Waals surface area (Å²) in [5, 5.41) is 3.13. The first-order valence-corrected chi connectivity index (χ1v) is 9.13. The standard InChI is InChI=1S/C18H25F3N4O3/c1-3-27-16(26)13-5-4-9-25(12-13)17(22-2)23-8-10-28-15-7-6-14(11-24-15)18(19,20)21/h6-7,11,13H,3-5,8-10,12H2,1-2H3,(H,22,23). The summed E-state index contributed by atoms with van der Waals surface area (Å²) in [4.78, 5) is 21.8. The molecule has 2 heterocycles. The van der Waals surface area contributed by atoms with Crippen LogP contribution in [0.25, 0.3) is 0 Å². The molecule has 1 aliphatic rings. The van der Waals surface area contributed by atoms with Crippen LogP contribution in [0.15, 0.2) is 23.3 Å². The molecule has 156 valence electrons. The highest BCUT2D eigenvalue weighted by molar-refractivity contribution is 5.81. The smallest absolute Gasteiger partial charge is 0.417 e. The van der Waals surface area contributed by atoms with Crippen LogP contribution < -0.4 is 10.1 Å². The van der Waals surface area contributed by atoms with Gasteiger partial charge in [0.2, 0.25) is 5.88 Å². The molecule has 0 bridgehead atoms. The quantitative estimate of drug-likeness (QED) is 0.341. The number of esters is 1. The Bertz CT molecular complexity index is 665. The lowest BCUT2D eigenvalue weighted by atomic mass is 9.98. The van der Waals surface area contributed by atoms with E-state index in [2.05, 4.69) is 15.3 Å². The number of guanidine groups is 1. The van der Waals surface area contributed by atoms with Crippen LogP contribution in [0.3, 0.4) is 0 Å². The number of halogens is 3. The van der Waals surface area contributed by atoms with Gasteiger partial charge in [-0.2, -0.15) is 13.2 Å². The van der Waals surface area contributed by atoms with Gasteiger partial charge in [0.05, 0.1) is 24.6 Å². The van der Waals surface area contributed by atoms with Crippen molar-refractivity contribution in [3.63, 3.8) is 0 Å². The van der Waals surface area contributed by atoms with Crippen molar-refractivity contribution < 1.29 is 27.4 Å².